The maximum absolute atomic E-state index is 11.5. The molecule has 0 aliphatic heterocycles. The van der Waals surface area contributed by atoms with Crippen molar-refractivity contribution in [2.45, 2.75) is 13.3 Å². The molecular formula is C12H20ClN3O2S. The summed E-state index contributed by atoms with van der Waals surface area (Å²) in [5.74, 6) is 0.0645. The minimum absolute atomic E-state index is 0. The van der Waals surface area contributed by atoms with Crippen LogP contribution in [0.3, 0.4) is 0 Å². The van der Waals surface area contributed by atoms with Gasteiger partial charge in [-0.2, -0.15) is 11.3 Å². The Hall–Kier alpha value is -1.11. The first-order chi connectivity index (χ1) is 8.63. The third kappa shape index (κ3) is 7.15. The number of halogens is 1. The molecule has 0 saturated carbocycles. The van der Waals surface area contributed by atoms with E-state index in [1.807, 2.05) is 12.3 Å². The second-order valence-corrected chi connectivity index (χ2v) is 4.94. The zero-order valence-electron chi connectivity index (χ0n) is 10.8. The molecule has 0 aliphatic rings. The maximum Gasteiger partial charge on any atom is 0.252 e. The van der Waals surface area contributed by atoms with Gasteiger partial charge in [0.05, 0.1) is 0 Å². The molecule has 0 spiro atoms. The summed E-state index contributed by atoms with van der Waals surface area (Å²) in [4.78, 5) is 23.0. The van der Waals surface area contributed by atoms with Crippen LogP contribution < -0.4 is 16.4 Å². The van der Waals surface area contributed by atoms with E-state index in [1.165, 1.54) is 11.3 Å². The number of hydrogen-bond donors (Lipinski definition) is 3. The van der Waals surface area contributed by atoms with E-state index in [-0.39, 0.29) is 36.6 Å². The van der Waals surface area contributed by atoms with Gasteiger partial charge in [0.25, 0.3) is 5.91 Å². The second-order valence-electron chi connectivity index (χ2n) is 4.16. The van der Waals surface area contributed by atoms with Crippen LogP contribution in [0.15, 0.2) is 16.8 Å². The molecule has 0 aliphatic carbocycles. The molecule has 19 heavy (non-hydrogen) atoms. The van der Waals surface area contributed by atoms with E-state index >= 15 is 0 Å². The van der Waals surface area contributed by atoms with Crippen LogP contribution in [0.1, 0.15) is 23.7 Å². The topological polar surface area (TPSA) is 84.2 Å². The molecule has 1 atom stereocenters. The summed E-state index contributed by atoms with van der Waals surface area (Å²) in [5.41, 5.74) is 6.08. The first-order valence-electron chi connectivity index (χ1n) is 5.90. The average molecular weight is 306 g/mol. The van der Waals surface area contributed by atoms with Crippen molar-refractivity contribution < 1.29 is 9.59 Å². The highest BCUT2D eigenvalue weighted by Gasteiger charge is 2.07. The Bertz CT molecular complexity index is 384. The van der Waals surface area contributed by atoms with Crippen LogP contribution in [0.5, 0.6) is 0 Å². The average Bonchev–Trinajstić information content (AvgIpc) is 2.89. The predicted molar refractivity (Wildman–Crippen MR) is 79.7 cm³/mol. The molecule has 5 nitrogen and oxygen atoms in total. The van der Waals surface area contributed by atoms with E-state index in [2.05, 4.69) is 10.6 Å². The molecule has 1 aromatic rings. The van der Waals surface area contributed by atoms with Gasteiger partial charge in [0.1, 0.15) is 0 Å². The summed E-state index contributed by atoms with van der Waals surface area (Å²) in [6.07, 6.45) is 0.285. The summed E-state index contributed by atoms with van der Waals surface area (Å²) in [6.45, 7) is 3.44. The van der Waals surface area contributed by atoms with Gasteiger partial charge < -0.3 is 16.4 Å². The number of thiophene rings is 1. The molecule has 0 saturated heterocycles. The Morgan fingerprint density at radius 2 is 2.16 bits per heavy atom. The molecule has 7 heteroatoms. The van der Waals surface area contributed by atoms with Gasteiger partial charge in [0, 0.05) is 30.5 Å². The lowest BCUT2D eigenvalue weighted by molar-refractivity contribution is -0.121. The van der Waals surface area contributed by atoms with Crippen molar-refractivity contribution in [3.8, 4) is 0 Å². The van der Waals surface area contributed by atoms with Gasteiger partial charge in [-0.1, -0.05) is 6.92 Å². The lowest BCUT2D eigenvalue weighted by atomic mass is 10.2. The molecule has 1 rings (SSSR count). The van der Waals surface area contributed by atoms with Crippen LogP contribution >= 0.6 is 23.7 Å². The fourth-order valence-corrected chi connectivity index (χ4v) is 1.88. The highest BCUT2D eigenvalue weighted by molar-refractivity contribution is 7.08. The first kappa shape index (κ1) is 17.9. The van der Waals surface area contributed by atoms with Crippen molar-refractivity contribution in [2.24, 2.45) is 11.7 Å². The third-order valence-electron chi connectivity index (χ3n) is 2.47. The van der Waals surface area contributed by atoms with Crippen molar-refractivity contribution in [1.82, 2.24) is 10.6 Å². The number of hydrogen-bond acceptors (Lipinski definition) is 4. The standard InChI is InChI=1S/C12H19N3O2S.ClH/c1-9(6-13)7-15-11(16)2-4-14-12(17)10-3-5-18-8-10;/h3,5,8-9H,2,4,6-7,13H2,1H3,(H,14,17)(H,15,16);1H. The minimum atomic E-state index is -0.139. The summed E-state index contributed by atoms with van der Waals surface area (Å²) in [7, 11) is 0. The molecule has 0 fully saturated rings. The smallest absolute Gasteiger partial charge is 0.252 e. The van der Waals surface area contributed by atoms with Gasteiger partial charge in [-0.3, -0.25) is 9.59 Å². The highest BCUT2D eigenvalue weighted by Crippen LogP contribution is 2.04. The van der Waals surface area contributed by atoms with Crippen LogP contribution in [0.2, 0.25) is 0 Å². The highest BCUT2D eigenvalue weighted by atomic mass is 35.5. The van der Waals surface area contributed by atoms with Crippen molar-refractivity contribution in [3.63, 3.8) is 0 Å². The van der Waals surface area contributed by atoms with Crippen molar-refractivity contribution in [3.05, 3.63) is 22.4 Å². The van der Waals surface area contributed by atoms with E-state index < -0.39 is 0 Å². The van der Waals surface area contributed by atoms with E-state index in [1.54, 1.807) is 11.4 Å². The number of amides is 2. The lowest BCUT2D eigenvalue weighted by Gasteiger charge is -2.10. The Kier molecular flexibility index (Phi) is 9.20. The van der Waals surface area contributed by atoms with Crippen LogP contribution in [0.4, 0.5) is 0 Å². The maximum atomic E-state index is 11.5. The molecule has 4 N–H and O–H groups in total. The van der Waals surface area contributed by atoms with Crippen molar-refractivity contribution >= 4 is 35.6 Å². The van der Waals surface area contributed by atoms with Gasteiger partial charge in [-0.15, -0.1) is 12.4 Å². The molecule has 108 valence electrons. The molecular weight excluding hydrogens is 286 g/mol. The zero-order valence-corrected chi connectivity index (χ0v) is 12.5. The lowest BCUT2D eigenvalue weighted by Crippen LogP contribution is -2.34. The van der Waals surface area contributed by atoms with Crippen LogP contribution in [-0.4, -0.2) is 31.4 Å². The Morgan fingerprint density at radius 1 is 1.42 bits per heavy atom. The van der Waals surface area contributed by atoms with Gasteiger partial charge in [-0.05, 0) is 23.9 Å². The molecule has 0 bridgehead atoms. The van der Waals surface area contributed by atoms with Crippen LogP contribution in [-0.2, 0) is 4.79 Å². The summed E-state index contributed by atoms with van der Waals surface area (Å²) < 4.78 is 0. The Balaban J connectivity index is 0.00000324. The molecule has 0 radical (unpaired) electrons. The van der Waals surface area contributed by atoms with Gasteiger partial charge >= 0.3 is 0 Å². The number of nitrogens with two attached hydrogens (primary N) is 1. The monoisotopic (exact) mass is 305 g/mol. The minimum Gasteiger partial charge on any atom is -0.356 e. The summed E-state index contributed by atoms with van der Waals surface area (Å²) in [6, 6.07) is 1.75. The second kappa shape index (κ2) is 9.77. The van der Waals surface area contributed by atoms with E-state index in [0.717, 1.165) is 0 Å². The van der Waals surface area contributed by atoms with Crippen molar-refractivity contribution in [2.75, 3.05) is 19.6 Å². The number of carbonyl (C=O) groups is 2. The number of carbonyl (C=O) groups excluding carboxylic acids is 2. The SMILES string of the molecule is CC(CN)CNC(=O)CCNC(=O)c1ccsc1.Cl. The molecule has 1 heterocycles. The van der Waals surface area contributed by atoms with E-state index in [0.29, 0.717) is 25.2 Å². The summed E-state index contributed by atoms with van der Waals surface area (Å²) in [5, 5.41) is 9.09. The molecule has 1 aromatic heterocycles. The third-order valence-corrected chi connectivity index (χ3v) is 3.15. The predicted octanol–water partition coefficient (Wildman–Crippen LogP) is 1.00. The van der Waals surface area contributed by atoms with Crippen LogP contribution in [0, 0.1) is 5.92 Å². The normalized spacial score (nSPS) is 11.3. The van der Waals surface area contributed by atoms with E-state index in [4.69, 9.17) is 5.73 Å². The van der Waals surface area contributed by atoms with Crippen LogP contribution in [0.25, 0.3) is 0 Å². The fraction of sp³-hybridized carbons (Fsp3) is 0.500. The Labute approximate surface area is 123 Å². The largest absolute Gasteiger partial charge is 0.356 e. The fourth-order valence-electron chi connectivity index (χ4n) is 1.25. The first-order valence-corrected chi connectivity index (χ1v) is 6.85. The number of rotatable bonds is 7. The van der Waals surface area contributed by atoms with Gasteiger partial charge in [0.15, 0.2) is 0 Å². The zero-order chi connectivity index (χ0) is 13.4. The van der Waals surface area contributed by atoms with Crippen molar-refractivity contribution in [1.29, 1.82) is 0 Å². The Morgan fingerprint density at radius 3 is 2.74 bits per heavy atom. The molecule has 2 amide bonds. The van der Waals surface area contributed by atoms with E-state index in [9.17, 15) is 9.59 Å². The molecule has 1 unspecified atom stereocenters. The summed E-state index contributed by atoms with van der Waals surface area (Å²) >= 11 is 1.47. The quantitative estimate of drug-likeness (QED) is 0.702. The van der Waals surface area contributed by atoms with Gasteiger partial charge in [0.2, 0.25) is 5.91 Å². The number of nitrogens with one attached hydrogen (secondary N) is 2. The molecule has 0 aromatic carbocycles. The van der Waals surface area contributed by atoms with Gasteiger partial charge in [-0.25, -0.2) is 0 Å².